The van der Waals surface area contributed by atoms with Crippen LogP contribution < -0.4 is 5.32 Å². The molecular weight excluding hydrogens is 328 g/mol. The zero-order valence-corrected chi connectivity index (χ0v) is 15.2. The van der Waals surface area contributed by atoms with E-state index in [1.165, 1.54) is 0 Å². The topological polar surface area (TPSA) is 69.5 Å². The molecule has 1 heterocycles. The number of amidine groups is 2. The summed E-state index contributed by atoms with van der Waals surface area (Å²) < 4.78 is 9.33. The maximum absolute atomic E-state index is 10.3. The van der Waals surface area contributed by atoms with Crippen molar-refractivity contribution in [1.82, 2.24) is 4.90 Å². The third kappa shape index (κ3) is 5.47. The summed E-state index contributed by atoms with van der Waals surface area (Å²) in [7, 11) is 0. The maximum Gasteiger partial charge on any atom is 0.143 e. The molecule has 0 aliphatic carbocycles. The predicted octanol–water partition coefficient (Wildman–Crippen LogP) is 2.67. The van der Waals surface area contributed by atoms with Crippen molar-refractivity contribution in [2.75, 3.05) is 31.6 Å². The van der Waals surface area contributed by atoms with Gasteiger partial charge in [-0.05, 0) is 32.4 Å². The van der Waals surface area contributed by atoms with Crippen molar-refractivity contribution in [3.8, 4) is 0 Å². The molecule has 0 aromatic heterocycles. The molecule has 1 aromatic carbocycles. The van der Waals surface area contributed by atoms with Gasteiger partial charge in [-0.25, -0.2) is 0 Å². The van der Waals surface area contributed by atoms with Gasteiger partial charge in [0.25, 0.3) is 0 Å². The van der Waals surface area contributed by atoms with Crippen molar-refractivity contribution in [3.63, 3.8) is 0 Å². The Labute approximate surface area is 148 Å². The molecule has 132 valence electrons. The van der Waals surface area contributed by atoms with Crippen LogP contribution in [0.4, 0.5) is 5.69 Å². The van der Waals surface area contributed by atoms with Crippen LogP contribution in [0.15, 0.2) is 33.8 Å². The molecule has 6 nitrogen and oxygen atoms in total. The summed E-state index contributed by atoms with van der Waals surface area (Å²) in [5.74, 6) is 1.35. The molecule has 1 aliphatic heterocycles. The maximum atomic E-state index is 10.3. The van der Waals surface area contributed by atoms with Crippen LogP contribution in [0.25, 0.3) is 0 Å². The van der Waals surface area contributed by atoms with E-state index in [0.29, 0.717) is 38.7 Å². The van der Waals surface area contributed by atoms with E-state index in [2.05, 4.69) is 14.8 Å². The third-order valence-corrected chi connectivity index (χ3v) is 3.75. The van der Waals surface area contributed by atoms with Crippen LogP contribution in [-0.2, 0) is 11.3 Å². The molecule has 1 aromatic rings. The number of β-amino-alcohol motifs (C(OH)–C–C–N with tert-alkyl or cyclic N) is 1. The minimum atomic E-state index is -0.854. The highest BCUT2D eigenvalue weighted by Gasteiger charge is 2.23. The summed E-state index contributed by atoms with van der Waals surface area (Å²) >= 11 is 5.69. The molecular formula is C17H25ClN4O2. The monoisotopic (exact) mass is 352 g/mol. The van der Waals surface area contributed by atoms with E-state index in [1.54, 1.807) is 13.8 Å². The summed E-state index contributed by atoms with van der Waals surface area (Å²) in [6, 6.07) is 7.96. The van der Waals surface area contributed by atoms with Gasteiger partial charge in [-0.3, -0.25) is 4.99 Å². The van der Waals surface area contributed by atoms with Gasteiger partial charge in [-0.1, -0.05) is 18.2 Å². The predicted molar refractivity (Wildman–Crippen MR) is 98.9 cm³/mol. The molecule has 0 unspecified atom stereocenters. The Morgan fingerprint density at radius 2 is 2.17 bits per heavy atom. The summed E-state index contributed by atoms with van der Waals surface area (Å²) in [5, 5.41) is 13.5. The molecule has 0 atom stereocenters. The average molecular weight is 353 g/mol. The summed E-state index contributed by atoms with van der Waals surface area (Å²) in [6.45, 7) is 7.86. The minimum Gasteiger partial charge on any atom is -0.389 e. The Kier molecular flexibility index (Phi) is 6.60. The Balaban J connectivity index is 2.40. The number of hydrogen-bond acceptors (Lipinski definition) is 5. The van der Waals surface area contributed by atoms with Crippen LogP contribution in [0.5, 0.6) is 0 Å². The molecule has 0 spiro atoms. The van der Waals surface area contributed by atoms with Gasteiger partial charge in [0.15, 0.2) is 0 Å². The highest BCUT2D eigenvalue weighted by atomic mass is 35.5. The zero-order chi connectivity index (χ0) is 17.6. The first-order valence-corrected chi connectivity index (χ1v) is 8.38. The molecule has 24 heavy (non-hydrogen) atoms. The van der Waals surface area contributed by atoms with Crippen molar-refractivity contribution in [3.05, 3.63) is 29.8 Å². The number of ether oxygens (including phenoxy) is 1. The molecule has 2 N–H and O–H groups in total. The number of hydrogen-bond donors (Lipinski definition) is 2. The van der Waals surface area contributed by atoms with Crippen molar-refractivity contribution >= 4 is 29.1 Å². The number of nitrogens with zero attached hydrogens (tertiary/aromatic N) is 3. The molecule has 0 amide bonds. The van der Waals surface area contributed by atoms with Gasteiger partial charge < -0.3 is 20.1 Å². The Morgan fingerprint density at radius 3 is 2.83 bits per heavy atom. The minimum absolute atomic E-state index is 0.322. The normalized spacial score (nSPS) is 17.5. The fourth-order valence-electron chi connectivity index (χ4n) is 2.53. The van der Waals surface area contributed by atoms with Crippen LogP contribution in [0.3, 0.4) is 0 Å². The van der Waals surface area contributed by atoms with E-state index in [4.69, 9.17) is 16.5 Å². The van der Waals surface area contributed by atoms with Crippen molar-refractivity contribution < 1.29 is 9.84 Å². The molecule has 0 fully saturated rings. The second-order valence-corrected chi connectivity index (χ2v) is 6.52. The smallest absolute Gasteiger partial charge is 0.143 e. The van der Waals surface area contributed by atoms with E-state index >= 15 is 0 Å². The number of para-hydroxylation sites is 1. The summed E-state index contributed by atoms with van der Waals surface area (Å²) in [6.07, 6.45) is 0. The standard InChI is InChI=1S/C17H25ClN4O2/c1-4-24-11-16-19-9-15(21-18)20-14-8-6-5-7-13(14)10-22(16)12-17(2,3)23/h5-8,23H,4,9-12H2,1-3H3,(H,20,21). The van der Waals surface area contributed by atoms with E-state index in [0.717, 1.165) is 17.1 Å². The van der Waals surface area contributed by atoms with Crippen LogP contribution in [-0.4, -0.2) is 53.6 Å². The number of aliphatic hydroxyl groups is 1. The third-order valence-electron chi connectivity index (χ3n) is 3.55. The highest BCUT2D eigenvalue weighted by molar-refractivity contribution is 6.22. The van der Waals surface area contributed by atoms with Crippen molar-refractivity contribution in [2.24, 2.45) is 9.50 Å². The first-order valence-electron chi connectivity index (χ1n) is 8.04. The molecule has 2 rings (SSSR count). The van der Waals surface area contributed by atoms with Gasteiger partial charge in [0.1, 0.15) is 24.8 Å². The number of benzene rings is 1. The fourth-order valence-corrected chi connectivity index (χ4v) is 2.63. The largest absolute Gasteiger partial charge is 0.389 e. The number of anilines is 1. The highest BCUT2D eigenvalue weighted by Crippen LogP contribution is 2.21. The van der Waals surface area contributed by atoms with Crippen molar-refractivity contribution in [2.45, 2.75) is 32.9 Å². The van der Waals surface area contributed by atoms with Crippen LogP contribution in [0.1, 0.15) is 26.3 Å². The van der Waals surface area contributed by atoms with Gasteiger partial charge in [-0.15, -0.1) is 0 Å². The van der Waals surface area contributed by atoms with E-state index in [9.17, 15) is 5.11 Å². The Morgan fingerprint density at radius 1 is 1.42 bits per heavy atom. The molecule has 0 saturated carbocycles. The van der Waals surface area contributed by atoms with E-state index in [-0.39, 0.29) is 0 Å². The number of nitrogens with one attached hydrogen (secondary N) is 1. The van der Waals surface area contributed by atoms with Gasteiger partial charge in [0.05, 0.1) is 5.60 Å². The molecule has 0 radical (unpaired) electrons. The first kappa shape index (κ1) is 18.7. The lowest BCUT2D eigenvalue weighted by molar-refractivity contribution is 0.0517. The number of rotatable bonds is 5. The SMILES string of the molecule is CCOCC1=NC/C(=N\Cl)Nc2ccccc2CN1CC(C)(C)O. The lowest BCUT2D eigenvalue weighted by Crippen LogP contribution is -2.43. The average Bonchev–Trinajstić information content (AvgIpc) is 2.59. The lowest BCUT2D eigenvalue weighted by Gasteiger charge is -2.32. The number of fused-ring (bicyclic) bond motifs is 1. The fraction of sp³-hybridized carbons (Fsp3) is 0.529. The van der Waals surface area contributed by atoms with E-state index < -0.39 is 5.60 Å². The number of aliphatic imine (C=N–C) groups is 1. The molecule has 0 saturated heterocycles. The Hall–Kier alpha value is -1.63. The summed E-state index contributed by atoms with van der Waals surface area (Å²) in [5.41, 5.74) is 1.16. The first-order chi connectivity index (χ1) is 11.4. The van der Waals surface area contributed by atoms with Gasteiger partial charge in [-0.2, -0.15) is 4.51 Å². The van der Waals surface area contributed by atoms with Gasteiger partial charge in [0, 0.05) is 37.2 Å². The zero-order valence-electron chi connectivity index (χ0n) is 14.4. The van der Waals surface area contributed by atoms with Gasteiger partial charge in [0.2, 0.25) is 0 Å². The molecule has 1 aliphatic rings. The van der Waals surface area contributed by atoms with Crippen LogP contribution in [0.2, 0.25) is 0 Å². The molecule has 0 bridgehead atoms. The Bertz CT molecular complexity index is 611. The van der Waals surface area contributed by atoms with Crippen LogP contribution in [0, 0.1) is 0 Å². The van der Waals surface area contributed by atoms with Gasteiger partial charge >= 0.3 is 0 Å². The quantitative estimate of drug-likeness (QED) is 0.854. The van der Waals surface area contributed by atoms with Crippen molar-refractivity contribution in [1.29, 1.82) is 0 Å². The number of halogens is 1. The van der Waals surface area contributed by atoms with Crippen LogP contribution >= 0.6 is 11.8 Å². The second-order valence-electron chi connectivity index (χ2n) is 6.35. The summed E-state index contributed by atoms with van der Waals surface area (Å²) in [4.78, 5) is 6.66. The lowest BCUT2D eigenvalue weighted by atomic mass is 10.1. The second kappa shape index (κ2) is 8.46. The van der Waals surface area contributed by atoms with E-state index in [1.807, 2.05) is 36.1 Å². The molecule has 7 heteroatoms.